The molecule has 0 spiro atoms. The van der Waals surface area contributed by atoms with E-state index in [4.69, 9.17) is 9.26 Å². The summed E-state index contributed by atoms with van der Waals surface area (Å²) in [7, 11) is 0. The Kier molecular flexibility index (Phi) is 6.81. The molecule has 5 atom stereocenters. The number of carbonyl (C=O) groups excluding carboxylic acids is 1. The third kappa shape index (κ3) is 5.49. The summed E-state index contributed by atoms with van der Waals surface area (Å²) in [5.41, 5.74) is 0.0401. The summed E-state index contributed by atoms with van der Waals surface area (Å²) >= 11 is 0. The molecule has 0 bridgehead atoms. The highest BCUT2D eigenvalue weighted by molar-refractivity contribution is 5.76. The molecule has 2 aliphatic heterocycles. The van der Waals surface area contributed by atoms with Crippen molar-refractivity contribution in [3.8, 4) is 0 Å². The van der Waals surface area contributed by atoms with Gasteiger partial charge in [-0.3, -0.25) is 4.79 Å². The molecule has 6 rings (SSSR count). The number of halogens is 3. The Morgan fingerprint density at radius 2 is 1.84 bits per heavy atom. The van der Waals surface area contributed by atoms with Gasteiger partial charge in [-0.2, -0.15) is 4.98 Å². The molecule has 5 fully saturated rings. The standard InChI is InChI=1S/C28H41F3N4O3/c1-26(7-8-26)17-34-11-5-18(16-34)37-22-4-3-6-28(30,31)20(22)15-23(36)35-12-9-27(2,10-13-35)25-32-24(38-33-25)19-14-21(19)29/h18-22H,3-17H2,1-2H3/t18-,19+,20+,21-,22-/m0/s1. The normalized spacial score (nSPS) is 35.8. The molecule has 3 saturated carbocycles. The molecule has 3 heterocycles. The van der Waals surface area contributed by atoms with E-state index in [0.717, 1.165) is 26.1 Å². The van der Waals surface area contributed by atoms with Crippen LogP contribution < -0.4 is 0 Å². The van der Waals surface area contributed by atoms with Crippen molar-refractivity contribution >= 4 is 5.91 Å². The third-order valence-electron chi connectivity index (χ3n) is 9.92. The van der Waals surface area contributed by atoms with Crippen LogP contribution >= 0.6 is 0 Å². The zero-order chi connectivity index (χ0) is 26.7. The first-order chi connectivity index (χ1) is 18.0. The fourth-order valence-corrected chi connectivity index (χ4v) is 6.69. The highest BCUT2D eigenvalue weighted by Gasteiger charge is 2.50. The zero-order valence-corrected chi connectivity index (χ0v) is 22.6. The SMILES string of the molecule is CC1(CN2CC[C@H](O[C@H]3CCCC(F)(F)[C@@H]3CC(=O)N3CCC(C)(c4noc([C@@H]5C[C@@H]5F)n4)CC3)C2)CC1. The van der Waals surface area contributed by atoms with E-state index in [2.05, 4.69) is 22.0 Å². The highest BCUT2D eigenvalue weighted by atomic mass is 19.3. The molecule has 1 aromatic rings. The van der Waals surface area contributed by atoms with E-state index in [-0.39, 0.29) is 36.2 Å². The number of aromatic nitrogens is 2. The number of amides is 1. The number of nitrogens with zero attached hydrogens (tertiary/aromatic N) is 4. The topological polar surface area (TPSA) is 71.7 Å². The van der Waals surface area contributed by atoms with Crippen LogP contribution in [0.1, 0.15) is 95.7 Å². The van der Waals surface area contributed by atoms with Crippen molar-refractivity contribution in [2.75, 3.05) is 32.7 Å². The Labute approximate surface area is 222 Å². The fraction of sp³-hybridized carbons (Fsp3) is 0.893. The smallest absolute Gasteiger partial charge is 0.253 e. The van der Waals surface area contributed by atoms with E-state index in [0.29, 0.717) is 62.3 Å². The number of piperidine rings is 1. The molecule has 0 radical (unpaired) electrons. The largest absolute Gasteiger partial charge is 0.373 e. The Hall–Kier alpha value is -1.68. The Bertz CT molecular complexity index is 1020. The van der Waals surface area contributed by atoms with Crippen molar-refractivity contribution in [2.45, 2.75) is 114 Å². The molecule has 3 aliphatic carbocycles. The van der Waals surface area contributed by atoms with Crippen molar-refractivity contribution in [2.24, 2.45) is 11.3 Å². The minimum atomic E-state index is -2.90. The van der Waals surface area contributed by atoms with Gasteiger partial charge in [-0.25, -0.2) is 13.2 Å². The van der Waals surface area contributed by atoms with Gasteiger partial charge < -0.3 is 19.1 Å². The maximum absolute atomic E-state index is 15.2. The van der Waals surface area contributed by atoms with Crippen LogP contribution in [0.15, 0.2) is 4.52 Å². The first kappa shape index (κ1) is 26.5. The lowest BCUT2D eigenvalue weighted by Gasteiger charge is -2.41. The summed E-state index contributed by atoms with van der Waals surface area (Å²) in [6.07, 6.45) is 4.16. The molecule has 2 saturated heterocycles. The molecule has 1 amide bonds. The molecule has 212 valence electrons. The van der Waals surface area contributed by atoms with E-state index >= 15 is 8.78 Å². The predicted molar refractivity (Wildman–Crippen MR) is 134 cm³/mol. The number of alkyl halides is 3. The molecular weight excluding hydrogens is 497 g/mol. The van der Waals surface area contributed by atoms with Crippen molar-refractivity contribution in [3.05, 3.63) is 11.7 Å². The molecule has 7 nitrogen and oxygen atoms in total. The minimum absolute atomic E-state index is 0.0345. The van der Waals surface area contributed by atoms with Gasteiger partial charge in [0.25, 0.3) is 5.92 Å². The quantitative estimate of drug-likeness (QED) is 0.471. The van der Waals surface area contributed by atoms with Gasteiger partial charge in [-0.1, -0.05) is 19.0 Å². The maximum Gasteiger partial charge on any atom is 0.253 e. The van der Waals surface area contributed by atoms with E-state index in [9.17, 15) is 9.18 Å². The fourth-order valence-electron chi connectivity index (χ4n) is 6.69. The van der Waals surface area contributed by atoms with E-state index < -0.39 is 24.1 Å². The number of rotatable bonds is 8. The summed E-state index contributed by atoms with van der Waals surface area (Å²) in [6.45, 7) is 8.05. The number of hydrogen-bond donors (Lipinski definition) is 0. The first-order valence-electron chi connectivity index (χ1n) is 14.6. The van der Waals surface area contributed by atoms with E-state index in [1.165, 1.54) is 12.8 Å². The van der Waals surface area contributed by atoms with Crippen LogP contribution in [-0.2, 0) is 14.9 Å². The second-order valence-corrected chi connectivity index (χ2v) is 13.4. The molecule has 0 aromatic carbocycles. The lowest BCUT2D eigenvalue weighted by Crippen LogP contribution is -2.49. The Balaban J connectivity index is 1.04. The van der Waals surface area contributed by atoms with Crippen molar-refractivity contribution in [1.29, 1.82) is 0 Å². The van der Waals surface area contributed by atoms with Gasteiger partial charge in [-0.05, 0) is 56.8 Å². The second-order valence-electron chi connectivity index (χ2n) is 13.4. The average molecular weight is 539 g/mol. The highest BCUT2D eigenvalue weighted by Crippen LogP contribution is 2.47. The molecule has 0 unspecified atom stereocenters. The Morgan fingerprint density at radius 3 is 2.53 bits per heavy atom. The molecular formula is C28H41F3N4O3. The Morgan fingerprint density at radius 1 is 1.11 bits per heavy atom. The zero-order valence-electron chi connectivity index (χ0n) is 22.6. The number of ether oxygens (including phenoxy) is 1. The summed E-state index contributed by atoms with van der Waals surface area (Å²) in [6, 6.07) is 0. The molecule has 5 aliphatic rings. The third-order valence-corrected chi connectivity index (χ3v) is 9.92. The van der Waals surface area contributed by atoms with Crippen LogP contribution in [0.2, 0.25) is 0 Å². The van der Waals surface area contributed by atoms with Gasteiger partial charge in [0, 0.05) is 51.0 Å². The first-order valence-corrected chi connectivity index (χ1v) is 14.6. The summed E-state index contributed by atoms with van der Waals surface area (Å²) in [5, 5.41) is 4.10. The summed E-state index contributed by atoms with van der Waals surface area (Å²) in [5.74, 6) is -3.60. The van der Waals surface area contributed by atoms with Crippen molar-refractivity contribution in [3.63, 3.8) is 0 Å². The van der Waals surface area contributed by atoms with Crippen LogP contribution in [0, 0.1) is 11.3 Å². The molecule has 0 N–H and O–H groups in total. The van der Waals surface area contributed by atoms with E-state index in [1.54, 1.807) is 4.90 Å². The summed E-state index contributed by atoms with van der Waals surface area (Å²) < 4.78 is 55.3. The van der Waals surface area contributed by atoms with Crippen LogP contribution in [0.4, 0.5) is 13.2 Å². The van der Waals surface area contributed by atoms with Gasteiger partial charge in [0.1, 0.15) is 6.17 Å². The van der Waals surface area contributed by atoms with Crippen LogP contribution in [0.25, 0.3) is 0 Å². The van der Waals surface area contributed by atoms with Gasteiger partial charge in [0.2, 0.25) is 11.8 Å². The molecule has 10 heteroatoms. The van der Waals surface area contributed by atoms with Crippen LogP contribution in [0.3, 0.4) is 0 Å². The van der Waals surface area contributed by atoms with Gasteiger partial charge in [-0.15, -0.1) is 0 Å². The number of likely N-dealkylation sites (tertiary alicyclic amines) is 2. The lowest BCUT2D eigenvalue weighted by molar-refractivity contribution is -0.174. The van der Waals surface area contributed by atoms with Gasteiger partial charge >= 0.3 is 0 Å². The monoisotopic (exact) mass is 538 g/mol. The lowest BCUT2D eigenvalue weighted by atomic mass is 9.78. The molecule has 38 heavy (non-hydrogen) atoms. The molecule has 1 aromatic heterocycles. The number of carbonyl (C=O) groups is 1. The second kappa shape index (κ2) is 9.75. The predicted octanol–water partition coefficient (Wildman–Crippen LogP) is 4.86. The average Bonchev–Trinajstić information content (AvgIpc) is 3.62. The van der Waals surface area contributed by atoms with Gasteiger partial charge in [0.15, 0.2) is 5.82 Å². The minimum Gasteiger partial charge on any atom is -0.373 e. The van der Waals surface area contributed by atoms with Crippen LogP contribution in [0.5, 0.6) is 0 Å². The van der Waals surface area contributed by atoms with Crippen LogP contribution in [-0.4, -0.2) is 82.9 Å². The summed E-state index contributed by atoms with van der Waals surface area (Å²) in [4.78, 5) is 21.8. The van der Waals surface area contributed by atoms with Gasteiger partial charge in [0.05, 0.1) is 24.0 Å². The number of hydrogen-bond acceptors (Lipinski definition) is 6. The van der Waals surface area contributed by atoms with Crippen molar-refractivity contribution < 1.29 is 27.2 Å². The maximum atomic E-state index is 15.2. The van der Waals surface area contributed by atoms with E-state index in [1.807, 2.05) is 6.92 Å². The van der Waals surface area contributed by atoms with Crippen molar-refractivity contribution in [1.82, 2.24) is 19.9 Å².